The zero-order valence-corrected chi connectivity index (χ0v) is 17.0. The first kappa shape index (κ1) is 19.4. The maximum atomic E-state index is 12.8. The largest absolute Gasteiger partial charge is 0.496 e. The third-order valence-electron chi connectivity index (χ3n) is 5.15. The van der Waals surface area contributed by atoms with Gasteiger partial charge in [0.15, 0.2) is 0 Å². The Morgan fingerprint density at radius 3 is 2.69 bits per heavy atom. The summed E-state index contributed by atoms with van der Waals surface area (Å²) in [4.78, 5) is 23.5. The van der Waals surface area contributed by atoms with Crippen molar-refractivity contribution >= 4 is 17.5 Å². The molecule has 0 aliphatic carbocycles. The number of likely N-dealkylation sites (tertiary alicyclic amines) is 1. The van der Waals surface area contributed by atoms with Crippen LogP contribution < -0.4 is 4.74 Å². The minimum absolute atomic E-state index is 0.00625. The van der Waals surface area contributed by atoms with Gasteiger partial charge in [-0.1, -0.05) is 29.8 Å². The molecule has 0 atom stereocenters. The van der Waals surface area contributed by atoms with Crippen molar-refractivity contribution in [2.45, 2.75) is 19.3 Å². The number of hydrogen-bond acceptors (Lipinski definition) is 4. The summed E-state index contributed by atoms with van der Waals surface area (Å²) in [6.45, 7) is 1.60. The van der Waals surface area contributed by atoms with Crippen molar-refractivity contribution in [3.8, 4) is 17.0 Å². The maximum absolute atomic E-state index is 12.8. The smallest absolute Gasteiger partial charge is 0.255 e. The Labute approximate surface area is 175 Å². The number of hydrogen-bond donors (Lipinski definition) is 0. The van der Waals surface area contributed by atoms with Gasteiger partial charge in [0.1, 0.15) is 12.1 Å². The molecule has 0 spiro atoms. The lowest BCUT2D eigenvalue weighted by molar-refractivity contribution is 0.0793. The first-order valence-electron chi connectivity index (χ1n) is 9.67. The Hall–Kier alpha value is -2.92. The van der Waals surface area contributed by atoms with E-state index in [9.17, 15) is 4.79 Å². The van der Waals surface area contributed by atoms with Gasteiger partial charge >= 0.3 is 0 Å². The molecule has 0 radical (unpaired) electrons. The van der Waals surface area contributed by atoms with Gasteiger partial charge in [-0.15, -0.1) is 0 Å². The van der Waals surface area contributed by atoms with E-state index in [2.05, 4.69) is 9.97 Å². The normalized spacial score (nSPS) is 13.5. The Morgan fingerprint density at radius 1 is 1.10 bits per heavy atom. The van der Waals surface area contributed by atoms with Crippen LogP contribution in [0.1, 0.15) is 34.5 Å². The van der Waals surface area contributed by atoms with Gasteiger partial charge in [-0.3, -0.25) is 4.79 Å². The Bertz CT molecular complexity index is 1030. The highest BCUT2D eigenvalue weighted by Crippen LogP contribution is 2.28. The predicted molar refractivity (Wildman–Crippen MR) is 113 cm³/mol. The summed E-state index contributed by atoms with van der Waals surface area (Å²) < 4.78 is 5.44. The third-order valence-corrected chi connectivity index (χ3v) is 5.48. The topological polar surface area (TPSA) is 55.3 Å². The zero-order valence-electron chi connectivity index (χ0n) is 16.3. The molecule has 1 aliphatic heterocycles. The number of carbonyl (C=O) groups is 1. The molecule has 1 aliphatic rings. The molecule has 5 nitrogen and oxygen atoms in total. The molecule has 2 heterocycles. The van der Waals surface area contributed by atoms with Crippen molar-refractivity contribution in [1.29, 1.82) is 0 Å². The van der Waals surface area contributed by atoms with E-state index in [0.717, 1.165) is 54.2 Å². The molecule has 0 bridgehead atoms. The molecule has 4 rings (SSSR count). The Morgan fingerprint density at radius 2 is 1.90 bits per heavy atom. The lowest BCUT2D eigenvalue weighted by Gasteiger charge is -2.16. The number of rotatable bonds is 5. The lowest BCUT2D eigenvalue weighted by atomic mass is 10.0. The fraction of sp³-hybridized carbons (Fsp3) is 0.261. The molecule has 148 valence electrons. The van der Waals surface area contributed by atoms with Crippen LogP contribution in [-0.2, 0) is 6.42 Å². The van der Waals surface area contributed by atoms with Crippen molar-refractivity contribution in [2.75, 3.05) is 20.2 Å². The molecule has 0 saturated carbocycles. The Balaban J connectivity index is 1.60. The summed E-state index contributed by atoms with van der Waals surface area (Å²) in [5.41, 5.74) is 4.13. The minimum Gasteiger partial charge on any atom is -0.496 e. The number of carbonyl (C=O) groups excluding carboxylic acids is 1. The van der Waals surface area contributed by atoms with Crippen molar-refractivity contribution in [3.63, 3.8) is 0 Å². The van der Waals surface area contributed by atoms with Gasteiger partial charge in [0.05, 0.1) is 23.4 Å². The summed E-state index contributed by atoms with van der Waals surface area (Å²) in [6, 6.07) is 15.3. The van der Waals surface area contributed by atoms with E-state index < -0.39 is 0 Å². The number of benzene rings is 2. The van der Waals surface area contributed by atoms with Crippen LogP contribution in [0.25, 0.3) is 11.3 Å². The second kappa shape index (κ2) is 8.62. The van der Waals surface area contributed by atoms with Gasteiger partial charge in [-0.05, 0) is 48.7 Å². The average molecular weight is 408 g/mol. The van der Waals surface area contributed by atoms with Crippen LogP contribution in [-0.4, -0.2) is 41.0 Å². The highest BCUT2D eigenvalue weighted by molar-refractivity contribution is 6.33. The van der Waals surface area contributed by atoms with E-state index >= 15 is 0 Å². The fourth-order valence-electron chi connectivity index (χ4n) is 3.64. The average Bonchev–Trinajstić information content (AvgIpc) is 3.30. The Kier molecular flexibility index (Phi) is 5.76. The molecule has 1 saturated heterocycles. The number of para-hydroxylation sites is 1. The molecule has 29 heavy (non-hydrogen) atoms. The van der Waals surface area contributed by atoms with Crippen molar-refractivity contribution < 1.29 is 9.53 Å². The standard InChI is InChI=1S/C23H22ClN3O2/c1-29-22-7-3-2-6-18(22)21-14-17(25-15-26-21)12-16-8-9-20(24)19(13-16)23(28)27-10-4-5-11-27/h2-3,6-9,13-15H,4-5,10-12H2,1H3. The van der Waals surface area contributed by atoms with Gasteiger partial charge < -0.3 is 9.64 Å². The third kappa shape index (κ3) is 4.25. The molecular weight excluding hydrogens is 386 g/mol. The number of nitrogens with zero attached hydrogens (tertiary/aromatic N) is 3. The van der Waals surface area contributed by atoms with Gasteiger partial charge in [0.25, 0.3) is 5.91 Å². The van der Waals surface area contributed by atoms with Crippen LogP contribution in [0.5, 0.6) is 5.75 Å². The molecule has 6 heteroatoms. The molecule has 1 aromatic heterocycles. The minimum atomic E-state index is 0.00625. The SMILES string of the molecule is COc1ccccc1-c1cc(Cc2ccc(Cl)c(C(=O)N3CCCC3)c2)ncn1. The summed E-state index contributed by atoms with van der Waals surface area (Å²) in [5.74, 6) is 0.772. The van der Waals surface area contributed by atoms with E-state index in [1.165, 1.54) is 0 Å². The summed E-state index contributed by atoms with van der Waals surface area (Å²) >= 11 is 6.32. The highest BCUT2D eigenvalue weighted by Gasteiger charge is 2.22. The van der Waals surface area contributed by atoms with E-state index in [0.29, 0.717) is 17.0 Å². The van der Waals surface area contributed by atoms with Crippen molar-refractivity contribution in [3.05, 3.63) is 76.7 Å². The van der Waals surface area contributed by atoms with Crippen LogP contribution >= 0.6 is 11.6 Å². The maximum Gasteiger partial charge on any atom is 0.255 e. The highest BCUT2D eigenvalue weighted by atomic mass is 35.5. The lowest BCUT2D eigenvalue weighted by Crippen LogP contribution is -2.27. The summed E-state index contributed by atoms with van der Waals surface area (Å²) in [6.07, 6.45) is 4.25. The number of amides is 1. The van der Waals surface area contributed by atoms with Crippen molar-refractivity contribution in [2.24, 2.45) is 0 Å². The number of ether oxygens (including phenoxy) is 1. The fourth-order valence-corrected chi connectivity index (χ4v) is 3.84. The first-order chi connectivity index (χ1) is 14.2. The van der Waals surface area contributed by atoms with Gasteiger partial charge in [0, 0.05) is 30.8 Å². The van der Waals surface area contributed by atoms with Gasteiger partial charge in [-0.2, -0.15) is 0 Å². The predicted octanol–water partition coefficient (Wildman–Crippen LogP) is 4.63. The summed E-state index contributed by atoms with van der Waals surface area (Å²) in [5, 5.41) is 0.489. The quantitative estimate of drug-likeness (QED) is 0.618. The van der Waals surface area contributed by atoms with Crippen LogP contribution in [0.2, 0.25) is 5.02 Å². The van der Waals surface area contributed by atoms with Crippen LogP contribution in [0.15, 0.2) is 54.9 Å². The van der Waals surface area contributed by atoms with Crippen molar-refractivity contribution in [1.82, 2.24) is 14.9 Å². The van der Waals surface area contributed by atoms with E-state index in [-0.39, 0.29) is 5.91 Å². The van der Waals surface area contributed by atoms with E-state index in [1.54, 1.807) is 19.5 Å². The van der Waals surface area contributed by atoms with Gasteiger partial charge in [0.2, 0.25) is 0 Å². The van der Waals surface area contributed by atoms with Crippen LogP contribution in [0.3, 0.4) is 0 Å². The summed E-state index contributed by atoms with van der Waals surface area (Å²) in [7, 11) is 1.65. The number of halogens is 1. The van der Waals surface area contributed by atoms with Crippen LogP contribution in [0, 0.1) is 0 Å². The second-order valence-corrected chi connectivity index (χ2v) is 7.49. The molecule has 1 amide bonds. The number of methoxy groups -OCH3 is 1. The molecule has 3 aromatic rings. The number of aromatic nitrogens is 2. The second-order valence-electron chi connectivity index (χ2n) is 7.09. The zero-order chi connectivity index (χ0) is 20.2. The van der Waals surface area contributed by atoms with Gasteiger partial charge in [-0.25, -0.2) is 9.97 Å². The monoisotopic (exact) mass is 407 g/mol. The first-order valence-corrected chi connectivity index (χ1v) is 10.1. The molecule has 0 N–H and O–H groups in total. The molecular formula is C23H22ClN3O2. The van der Waals surface area contributed by atoms with E-state index in [4.69, 9.17) is 16.3 Å². The molecule has 1 fully saturated rings. The molecule has 0 unspecified atom stereocenters. The van der Waals surface area contributed by atoms with Crippen LogP contribution in [0.4, 0.5) is 0 Å². The molecule has 2 aromatic carbocycles. The van der Waals surface area contributed by atoms with E-state index in [1.807, 2.05) is 47.4 Å².